The summed E-state index contributed by atoms with van der Waals surface area (Å²) in [5.41, 5.74) is 1.36. The maximum atomic E-state index is 3.67. The first-order valence-electron chi connectivity index (χ1n) is 6.68. The second kappa shape index (κ2) is 8.28. The van der Waals surface area contributed by atoms with Crippen LogP contribution >= 0.6 is 27.3 Å². The normalized spacial score (nSPS) is 12.9. The quantitative estimate of drug-likeness (QED) is 0.629. The largest absolute Gasteiger partial charge is 0.309 e. The summed E-state index contributed by atoms with van der Waals surface area (Å²) in [6.45, 7) is 7.78. The maximum Gasteiger partial charge on any atom is 0.0731 e. The summed E-state index contributed by atoms with van der Waals surface area (Å²) in [6, 6.07) is 2.88. The van der Waals surface area contributed by atoms with Crippen molar-refractivity contribution in [2.24, 2.45) is 0 Å². The molecule has 1 aromatic heterocycles. The van der Waals surface area contributed by atoms with Gasteiger partial charge >= 0.3 is 0 Å². The van der Waals surface area contributed by atoms with E-state index in [0.29, 0.717) is 6.04 Å². The number of thiophene rings is 1. The highest BCUT2D eigenvalue weighted by atomic mass is 79.9. The maximum absolute atomic E-state index is 3.67. The third-order valence-electron chi connectivity index (χ3n) is 2.96. The van der Waals surface area contributed by atoms with Crippen molar-refractivity contribution < 1.29 is 0 Å². The minimum Gasteiger partial charge on any atom is -0.309 e. The molecule has 0 saturated heterocycles. The lowest BCUT2D eigenvalue weighted by Crippen LogP contribution is -2.21. The SMILES string of the molecule is CCCCCC(NCCC)c1cc(C)c(Br)s1. The Balaban J connectivity index is 2.60. The Morgan fingerprint density at radius 2 is 2.06 bits per heavy atom. The lowest BCUT2D eigenvalue weighted by molar-refractivity contribution is 0.480. The standard InChI is InChI=1S/C14H24BrNS/c1-4-6-7-8-12(16-9-5-2)13-10-11(3)14(15)17-13/h10,12,16H,4-9H2,1-3H3. The number of nitrogens with one attached hydrogen (secondary N) is 1. The van der Waals surface area contributed by atoms with Gasteiger partial charge in [0.05, 0.1) is 3.79 Å². The highest BCUT2D eigenvalue weighted by Gasteiger charge is 2.14. The van der Waals surface area contributed by atoms with Crippen LogP contribution in [0.2, 0.25) is 0 Å². The second-order valence-corrected chi connectivity index (χ2v) is 7.01. The van der Waals surface area contributed by atoms with Crippen molar-refractivity contribution in [2.45, 2.75) is 58.9 Å². The molecule has 0 aromatic carbocycles. The molecule has 0 amide bonds. The molecule has 1 unspecified atom stereocenters. The molecule has 1 nitrogen and oxygen atoms in total. The summed E-state index contributed by atoms with van der Waals surface area (Å²) in [7, 11) is 0. The van der Waals surface area contributed by atoms with Crippen molar-refractivity contribution in [3.63, 3.8) is 0 Å². The van der Waals surface area contributed by atoms with Crippen LogP contribution in [-0.2, 0) is 0 Å². The Morgan fingerprint density at radius 3 is 2.59 bits per heavy atom. The minimum absolute atomic E-state index is 0.552. The van der Waals surface area contributed by atoms with E-state index in [1.807, 2.05) is 11.3 Å². The van der Waals surface area contributed by atoms with Crippen molar-refractivity contribution in [1.82, 2.24) is 5.32 Å². The molecule has 0 aliphatic carbocycles. The van der Waals surface area contributed by atoms with Gasteiger partial charge in [-0.25, -0.2) is 0 Å². The molecule has 0 aliphatic heterocycles. The number of aryl methyl sites for hydroxylation is 1. The van der Waals surface area contributed by atoms with Crippen LogP contribution in [0.1, 0.15) is 62.4 Å². The monoisotopic (exact) mass is 317 g/mol. The fraction of sp³-hybridized carbons (Fsp3) is 0.714. The van der Waals surface area contributed by atoms with Gasteiger partial charge in [-0.2, -0.15) is 0 Å². The topological polar surface area (TPSA) is 12.0 Å². The van der Waals surface area contributed by atoms with Gasteiger partial charge in [0.2, 0.25) is 0 Å². The van der Waals surface area contributed by atoms with E-state index in [1.165, 1.54) is 46.3 Å². The second-order valence-electron chi connectivity index (χ2n) is 4.61. The zero-order valence-electron chi connectivity index (χ0n) is 11.2. The average molecular weight is 318 g/mol. The fourth-order valence-electron chi connectivity index (χ4n) is 1.92. The Hall–Kier alpha value is 0.140. The van der Waals surface area contributed by atoms with E-state index < -0.39 is 0 Å². The van der Waals surface area contributed by atoms with Crippen LogP contribution in [0, 0.1) is 6.92 Å². The lowest BCUT2D eigenvalue weighted by Gasteiger charge is -2.16. The molecule has 0 bridgehead atoms. The smallest absolute Gasteiger partial charge is 0.0731 e. The summed E-state index contributed by atoms with van der Waals surface area (Å²) in [5, 5.41) is 3.67. The number of rotatable bonds is 8. The van der Waals surface area contributed by atoms with Gasteiger partial charge in [-0.15, -0.1) is 11.3 Å². The summed E-state index contributed by atoms with van der Waals surface area (Å²) in [6.07, 6.45) is 6.44. The van der Waals surface area contributed by atoms with Gasteiger partial charge < -0.3 is 5.32 Å². The van der Waals surface area contributed by atoms with Crippen molar-refractivity contribution in [2.75, 3.05) is 6.54 Å². The van der Waals surface area contributed by atoms with E-state index in [4.69, 9.17) is 0 Å². The highest BCUT2D eigenvalue weighted by Crippen LogP contribution is 2.33. The Morgan fingerprint density at radius 1 is 1.29 bits per heavy atom. The van der Waals surface area contributed by atoms with Crippen LogP contribution in [0.3, 0.4) is 0 Å². The van der Waals surface area contributed by atoms with Gasteiger partial charge in [0, 0.05) is 10.9 Å². The predicted molar refractivity (Wildman–Crippen MR) is 81.9 cm³/mol. The molecule has 1 atom stereocenters. The Labute approximate surface area is 118 Å². The Kier molecular flexibility index (Phi) is 7.40. The van der Waals surface area contributed by atoms with E-state index in [1.54, 1.807) is 0 Å². The van der Waals surface area contributed by atoms with E-state index in [2.05, 4.69) is 48.1 Å². The summed E-state index contributed by atoms with van der Waals surface area (Å²) < 4.78 is 1.28. The van der Waals surface area contributed by atoms with Crippen molar-refractivity contribution in [3.05, 3.63) is 20.3 Å². The molecular weight excluding hydrogens is 294 g/mol. The van der Waals surface area contributed by atoms with Gasteiger partial charge in [-0.05, 0) is 53.9 Å². The molecule has 1 heterocycles. The van der Waals surface area contributed by atoms with Gasteiger partial charge in [0.1, 0.15) is 0 Å². The third-order valence-corrected chi connectivity index (χ3v) is 5.21. The van der Waals surface area contributed by atoms with Gasteiger partial charge in [0.15, 0.2) is 0 Å². The summed E-state index contributed by atoms with van der Waals surface area (Å²) >= 11 is 5.51. The highest BCUT2D eigenvalue weighted by molar-refractivity contribution is 9.11. The van der Waals surface area contributed by atoms with Crippen LogP contribution in [0.25, 0.3) is 0 Å². The number of hydrogen-bond acceptors (Lipinski definition) is 2. The van der Waals surface area contributed by atoms with Crippen molar-refractivity contribution in [1.29, 1.82) is 0 Å². The zero-order valence-corrected chi connectivity index (χ0v) is 13.6. The van der Waals surface area contributed by atoms with Crippen LogP contribution in [0.4, 0.5) is 0 Å². The third kappa shape index (κ3) is 5.11. The minimum atomic E-state index is 0.552. The molecule has 1 aromatic rings. The van der Waals surface area contributed by atoms with Gasteiger partial charge in [-0.3, -0.25) is 0 Å². The zero-order chi connectivity index (χ0) is 12.7. The molecule has 0 radical (unpaired) electrons. The predicted octanol–water partition coefficient (Wildman–Crippen LogP) is 5.44. The molecule has 1 N–H and O–H groups in total. The van der Waals surface area contributed by atoms with Crippen molar-refractivity contribution >= 4 is 27.3 Å². The van der Waals surface area contributed by atoms with Gasteiger partial charge in [-0.1, -0.05) is 33.1 Å². The molecule has 98 valence electrons. The summed E-state index contributed by atoms with van der Waals surface area (Å²) in [4.78, 5) is 1.49. The van der Waals surface area contributed by atoms with Crippen LogP contribution in [0.15, 0.2) is 9.85 Å². The van der Waals surface area contributed by atoms with E-state index in [9.17, 15) is 0 Å². The number of unbranched alkanes of at least 4 members (excludes halogenated alkanes) is 2. The molecule has 1 rings (SSSR count). The number of hydrogen-bond donors (Lipinski definition) is 1. The number of halogens is 1. The molecular formula is C14H24BrNS. The lowest BCUT2D eigenvalue weighted by atomic mass is 10.1. The molecule has 0 spiro atoms. The first-order chi connectivity index (χ1) is 8.19. The van der Waals surface area contributed by atoms with E-state index in [0.717, 1.165) is 6.54 Å². The molecule has 0 aliphatic rings. The van der Waals surface area contributed by atoms with Crippen LogP contribution < -0.4 is 5.32 Å². The molecule has 0 saturated carbocycles. The fourth-order valence-corrected chi connectivity index (χ4v) is 3.60. The van der Waals surface area contributed by atoms with E-state index >= 15 is 0 Å². The average Bonchev–Trinajstić information content (AvgIpc) is 2.64. The van der Waals surface area contributed by atoms with Crippen LogP contribution in [0.5, 0.6) is 0 Å². The first kappa shape index (κ1) is 15.2. The Bertz CT molecular complexity index is 303. The molecule has 0 fully saturated rings. The first-order valence-corrected chi connectivity index (χ1v) is 8.29. The van der Waals surface area contributed by atoms with Gasteiger partial charge in [0.25, 0.3) is 0 Å². The molecule has 3 heteroatoms. The van der Waals surface area contributed by atoms with Crippen LogP contribution in [-0.4, -0.2) is 6.54 Å². The molecule has 17 heavy (non-hydrogen) atoms. The van der Waals surface area contributed by atoms with E-state index in [-0.39, 0.29) is 0 Å². The van der Waals surface area contributed by atoms with Crippen molar-refractivity contribution in [3.8, 4) is 0 Å². The summed E-state index contributed by atoms with van der Waals surface area (Å²) in [5.74, 6) is 0.